The number of benzene rings is 2. The Labute approximate surface area is 209 Å². The van der Waals surface area contributed by atoms with Crippen LogP contribution in [0, 0.1) is 0 Å². The van der Waals surface area contributed by atoms with E-state index in [2.05, 4.69) is 84.3 Å². The summed E-state index contributed by atoms with van der Waals surface area (Å²) in [6, 6.07) is 21.5. The van der Waals surface area contributed by atoms with Crippen LogP contribution < -0.4 is 11.5 Å². The first-order valence-corrected chi connectivity index (χ1v) is 13.7. The summed E-state index contributed by atoms with van der Waals surface area (Å²) in [7, 11) is 0. The van der Waals surface area contributed by atoms with Crippen LogP contribution in [0.2, 0.25) is 0 Å². The van der Waals surface area contributed by atoms with Crippen LogP contribution in [0.4, 0.5) is 0 Å². The average Bonchev–Trinajstić information content (AvgIpc) is 2.85. The molecule has 0 spiro atoms. The topological polar surface area (TPSA) is 58.5 Å². The molecule has 2 aromatic rings. The Morgan fingerprint density at radius 1 is 0.559 bits per heavy atom. The first-order chi connectivity index (χ1) is 16.6. The minimum atomic E-state index is 0.160. The number of nitrogens with zero attached hydrogens (tertiary/aromatic N) is 2. The van der Waals surface area contributed by atoms with Gasteiger partial charge in [0.1, 0.15) is 0 Å². The van der Waals surface area contributed by atoms with Gasteiger partial charge in [0.2, 0.25) is 0 Å². The first kappa shape index (κ1) is 28.5. The van der Waals surface area contributed by atoms with Gasteiger partial charge in [-0.2, -0.15) is 0 Å². The lowest BCUT2D eigenvalue weighted by molar-refractivity contribution is 0.174. The Bertz CT molecular complexity index is 658. The molecule has 0 radical (unpaired) electrons. The van der Waals surface area contributed by atoms with E-state index in [0.29, 0.717) is 0 Å². The molecule has 0 fully saturated rings. The van der Waals surface area contributed by atoms with Crippen LogP contribution >= 0.6 is 0 Å². The van der Waals surface area contributed by atoms with E-state index in [1.54, 1.807) is 0 Å². The number of hydrogen-bond acceptors (Lipinski definition) is 4. The fourth-order valence-corrected chi connectivity index (χ4v) is 4.65. The van der Waals surface area contributed by atoms with Crippen molar-refractivity contribution in [2.45, 2.75) is 103 Å². The van der Waals surface area contributed by atoms with E-state index in [4.69, 9.17) is 11.5 Å². The van der Waals surface area contributed by atoms with Crippen LogP contribution in [0.15, 0.2) is 60.7 Å². The lowest BCUT2D eigenvalue weighted by Crippen LogP contribution is -2.42. The third-order valence-electron chi connectivity index (χ3n) is 6.70. The van der Waals surface area contributed by atoms with Crippen molar-refractivity contribution in [3.63, 3.8) is 0 Å². The summed E-state index contributed by atoms with van der Waals surface area (Å²) < 4.78 is 0. The molecule has 0 saturated heterocycles. The smallest absolute Gasteiger partial charge is 0.0574 e. The zero-order chi connectivity index (χ0) is 24.4. The van der Waals surface area contributed by atoms with E-state index >= 15 is 0 Å². The highest BCUT2D eigenvalue weighted by Gasteiger charge is 2.15. The van der Waals surface area contributed by atoms with Crippen LogP contribution in [-0.4, -0.2) is 35.2 Å². The molecule has 0 heterocycles. The third-order valence-corrected chi connectivity index (χ3v) is 6.70. The van der Waals surface area contributed by atoms with Crippen LogP contribution in [-0.2, 0) is 13.1 Å². The summed E-state index contributed by atoms with van der Waals surface area (Å²) in [5, 5.41) is 0. The summed E-state index contributed by atoms with van der Waals surface area (Å²) in [5.41, 5.74) is 15.7. The van der Waals surface area contributed by atoms with E-state index in [-0.39, 0.29) is 12.3 Å². The van der Waals surface area contributed by atoms with Crippen molar-refractivity contribution in [1.82, 2.24) is 9.80 Å². The molecular formula is C30H50N4. The third kappa shape index (κ3) is 11.6. The molecule has 0 aromatic heterocycles. The minimum Gasteiger partial charge on any atom is -0.316 e. The number of rotatable bonds is 19. The van der Waals surface area contributed by atoms with Gasteiger partial charge in [0, 0.05) is 13.1 Å². The van der Waals surface area contributed by atoms with E-state index in [9.17, 15) is 0 Å². The lowest BCUT2D eigenvalue weighted by Gasteiger charge is -2.29. The van der Waals surface area contributed by atoms with Crippen molar-refractivity contribution >= 4 is 0 Å². The number of nitrogens with two attached hydrogens (primary N) is 2. The molecule has 0 aliphatic rings. The first-order valence-electron chi connectivity index (χ1n) is 13.7. The Kier molecular flexibility index (Phi) is 14.8. The van der Waals surface area contributed by atoms with Crippen molar-refractivity contribution < 1.29 is 0 Å². The van der Waals surface area contributed by atoms with Gasteiger partial charge >= 0.3 is 0 Å². The van der Waals surface area contributed by atoms with Gasteiger partial charge in [-0.1, -0.05) is 113 Å². The molecule has 4 N–H and O–H groups in total. The fraction of sp³-hybridized carbons (Fsp3) is 0.600. The second-order valence-electron chi connectivity index (χ2n) is 9.75. The highest BCUT2D eigenvalue weighted by Crippen LogP contribution is 2.14. The Morgan fingerprint density at radius 3 is 1.26 bits per heavy atom. The molecule has 2 rings (SSSR count). The fourth-order valence-electron chi connectivity index (χ4n) is 4.65. The molecule has 0 amide bonds. The largest absolute Gasteiger partial charge is 0.316 e. The Balaban J connectivity index is 1.66. The van der Waals surface area contributed by atoms with Crippen LogP contribution in [0.25, 0.3) is 0 Å². The second-order valence-corrected chi connectivity index (χ2v) is 9.75. The maximum absolute atomic E-state index is 6.50. The van der Waals surface area contributed by atoms with Gasteiger partial charge in [-0.3, -0.25) is 9.80 Å². The molecular weight excluding hydrogens is 416 g/mol. The van der Waals surface area contributed by atoms with Gasteiger partial charge in [0.15, 0.2) is 0 Å². The summed E-state index contributed by atoms with van der Waals surface area (Å²) in [5.74, 6) is 0. The average molecular weight is 467 g/mol. The minimum absolute atomic E-state index is 0.160. The quantitative estimate of drug-likeness (QED) is 0.183. The molecule has 0 bridgehead atoms. The zero-order valence-electron chi connectivity index (χ0n) is 21.9. The molecule has 4 nitrogen and oxygen atoms in total. The normalized spacial score (nSPS) is 13.5. The molecule has 0 saturated carbocycles. The van der Waals surface area contributed by atoms with Gasteiger partial charge in [-0.05, 0) is 49.9 Å². The van der Waals surface area contributed by atoms with E-state index < -0.39 is 0 Å². The number of unbranched alkanes of at least 4 members (excludes halogenated alkanes) is 5. The van der Waals surface area contributed by atoms with Crippen molar-refractivity contribution in [3.8, 4) is 0 Å². The summed E-state index contributed by atoms with van der Waals surface area (Å²) in [6.45, 7) is 8.53. The van der Waals surface area contributed by atoms with Crippen molar-refractivity contribution in [2.75, 3.05) is 13.1 Å². The predicted octanol–water partition coefficient (Wildman–Crippen LogP) is 6.50. The Hall–Kier alpha value is -1.72. The maximum Gasteiger partial charge on any atom is 0.0574 e. The van der Waals surface area contributed by atoms with E-state index in [0.717, 1.165) is 51.9 Å². The van der Waals surface area contributed by atoms with Gasteiger partial charge in [-0.15, -0.1) is 0 Å². The molecule has 4 heteroatoms. The van der Waals surface area contributed by atoms with Crippen molar-refractivity contribution in [3.05, 3.63) is 71.8 Å². The standard InChI is InChI=1S/C30H50N4/c1-3-17-29(31)33(25-27-19-11-9-12-20-27)23-15-7-5-6-8-16-24-34(30(32)18-4-2)26-28-21-13-10-14-22-28/h9-14,19-22,29-30H,3-8,15-18,23-26,31-32H2,1-2H3. The maximum atomic E-state index is 6.50. The summed E-state index contributed by atoms with van der Waals surface area (Å²) in [6.07, 6.45) is 12.4. The van der Waals surface area contributed by atoms with Gasteiger partial charge in [-0.25, -0.2) is 0 Å². The van der Waals surface area contributed by atoms with E-state index in [1.807, 2.05) is 0 Å². The van der Waals surface area contributed by atoms with Gasteiger partial charge in [0.25, 0.3) is 0 Å². The SMILES string of the molecule is CCCC(N)N(CCCCCCCCN(Cc1ccccc1)C(N)CCC)Cc1ccccc1. The van der Waals surface area contributed by atoms with Crippen molar-refractivity contribution in [2.24, 2.45) is 11.5 Å². The number of hydrogen-bond donors (Lipinski definition) is 2. The lowest BCUT2D eigenvalue weighted by atomic mass is 10.1. The summed E-state index contributed by atoms with van der Waals surface area (Å²) in [4.78, 5) is 4.94. The van der Waals surface area contributed by atoms with Gasteiger partial charge in [0.05, 0.1) is 12.3 Å². The molecule has 2 aromatic carbocycles. The van der Waals surface area contributed by atoms with Crippen molar-refractivity contribution in [1.29, 1.82) is 0 Å². The van der Waals surface area contributed by atoms with Crippen LogP contribution in [0.5, 0.6) is 0 Å². The highest BCUT2D eigenvalue weighted by atomic mass is 15.2. The Morgan fingerprint density at radius 2 is 0.912 bits per heavy atom. The van der Waals surface area contributed by atoms with E-state index in [1.165, 1.54) is 49.7 Å². The monoisotopic (exact) mass is 466 g/mol. The van der Waals surface area contributed by atoms with Crippen LogP contribution in [0.3, 0.4) is 0 Å². The molecule has 34 heavy (non-hydrogen) atoms. The summed E-state index contributed by atoms with van der Waals surface area (Å²) >= 11 is 0. The molecule has 0 aliphatic carbocycles. The van der Waals surface area contributed by atoms with Gasteiger partial charge < -0.3 is 11.5 Å². The molecule has 190 valence electrons. The highest BCUT2D eigenvalue weighted by molar-refractivity contribution is 5.15. The predicted molar refractivity (Wildman–Crippen MR) is 147 cm³/mol. The molecule has 2 atom stereocenters. The molecule has 2 unspecified atom stereocenters. The zero-order valence-corrected chi connectivity index (χ0v) is 21.9. The van der Waals surface area contributed by atoms with Crippen LogP contribution in [0.1, 0.15) is 89.2 Å². The molecule has 0 aliphatic heterocycles. The second kappa shape index (κ2) is 17.7.